The van der Waals surface area contributed by atoms with E-state index in [-0.39, 0.29) is 5.95 Å². The average Bonchev–Trinajstić information content (AvgIpc) is 2.32. The van der Waals surface area contributed by atoms with Crippen LogP contribution in [0.2, 0.25) is 0 Å². The van der Waals surface area contributed by atoms with Crippen LogP contribution in [0.4, 0.5) is 5.95 Å². The summed E-state index contributed by atoms with van der Waals surface area (Å²) in [5.74, 6) is 0.656. The van der Waals surface area contributed by atoms with Gasteiger partial charge in [0.05, 0.1) is 6.61 Å². The molecular weight excluding hydrogens is 220 g/mol. The van der Waals surface area contributed by atoms with Gasteiger partial charge in [-0.2, -0.15) is 0 Å². The molecule has 6 nitrogen and oxygen atoms in total. The lowest BCUT2D eigenvalue weighted by Gasteiger charge is -2.08. The van der Waals surface area contributed by atoms with Crippen molar-refractivity contribution in [2.45, 2.75) is 32.6 Å². The Bertz CT molecular complexity index is 333. The lowest BCUT2D eigenvalue weighted by molar-refractivity contribution is 0.142. The van der Waals surface area contributed by atoms with Crippen molar-refractivity contribution < 1.29 is 9.47 Å². The second kappa shape index (κ2) is 7.78. The Morgan fingerprint density at radius 3 is 2.71 bits per heavy atom. The van der Waals surface area contributed by atoms with E-state index in [0.717, 1.165) is 31.4 Å². The van der Waals surface area contributed by atoms with Crippen molar-refractivity contribution in [3.63, 3.8) is 0 Å². The minimum atomic E-state index is 0.190. The number of nitrogen functional groups attached to an aromatic ring is 1. The molecule has 96 valence electrons. The predicted octanol–water partition coefficient (Wildman–Crippen LogP) is 1.21. The highest BCUT2D eigenvalue weighted by Gasteiger charge is 2.09. The van der Waals surface area contributed by atoms with Crippen LogP contribution in [0.15, 0.2) is 0 Å². The number of rotatable bonds is 8. The van der Waals surface area contributed by atoms with Crippen molar-refractivity contribution in [1.82, 2.24) is 15.2 Å². The number of nitrogens with zero attached hydrogens (tertiary/aromatic N) is 3. The van der Waals surface area contributed by atoms with E-state index >= 15 is 0 Å². The summed E-state index contributed by atoms with van der Waals surface area (Å²) in [7, 11) is 1.62. The summed E-state index contributed by atoms with van der Waals surface area (Å²) in [4.78, 5) is 4.16. The van der Waals surface area contributed by atoms with E-state index in [0.29, 0.717) is 19.1 Å². The Morgan fingerprint density at radius 1 is 1.18 bits per heavy atom. The first-order valence-corrected chi connectivity index (χ1v) is 5.88. The van der Waals surface area contributed by atoms with Gasteiger partial charge in [-0.15, -0.1) is 10.2 Å². The summed E-state index contributed by atoms with van der Waals surface area (Å²) < 4.78 is 10.4. The van der Waals surface area contributed by atoms with Crippen LogP contribution >= 0.6 is 0 Å². The van der Waals surface area contributed by atoms with Gasteiger partial charge in [0.25, 0.3) is 5.88 Å². The second-order valence-electron chi connectivity index (χ2n) is 3.72. The molecule has 1 aromatic heterocycles. The normalized spacial score (nSPS) is 10.5. The maximum Gasteiger partial charge on any atom is 0.255 e. The first-order valence-electron chi connectivity index (χ1n) is 5.88. The molecule has 0 aliphatic heterocycles. The van der Waals surface area contributed by atoms with Crippen LogP contribution in [-0.4, -0.2) is 35.5 Å². The van der Waals surface area contributed by atoms with Gasteiger partial charge < -0.3 is 15.2 Å². The zero-order valence-electron chi connectivity index (χ0n) is 10.5. The monoisotopic (exact) mass is 240 g/mol. The van der Waals surface area contributed by atoms with Crippen molar-refractivity contribution in [2.75, 3.05) is 26.1 Å². The maximum absolute atomic E-state index is 5.52. The SMILES string of the molecule is CCCCCc1nc(N)nnc1OCCOC. The summed E-state index contributed by atoms with van der Waals surface area (Å²) in [6, 6.07) is 0. The van der Waals surface area contributed by atoms with Crippen molar-refractivity contribution in [2.24, 2.45) is 0 Å². The second-order valence-corrected chi connectivity index (χ2v) is 3.72. The molecule has 2 N–H and O–H groups in total. The number of anilines is 1. The zero-order chi connectivity index (χ0) is 12.5. The average molecular weight is 240 g/mol. The molecule has 6 heteroatoms. The summed E-state index contributed by atoms with van der Waals surface area (Å²) in [6.07, 6.45) is 4.18. The fourth-order valence-corrected chi connectivity index (χ4v) is 1.40. The maximum atomic E-state index is 5.52. The van der Waals surface area contributed by atoms with Crippen LogP contribution in [0, 0.1) is 0 Å². The van der Waals surface area contributed by atoms with Gasteiger partial charge in [-0.1, -0.05) is 19.8 Å². The first kappa shape index (κ1) is 13.6. The molecule has 0 unspecified atom stereocenters. The van der Waals surface area contributed by atoms with E-state index in [2.05, 4.69) is 22.1 Å². The molecule has 0 fully saturated rings. The van der Waals surface area contributed by atoms with Gasteiger partial charge in [0.2, 0.25) is 5.95 Å². The third-order valence-electron chi connectivity index (χ3n) is 2.28. The molecule has 0 spiro atoms. The Hall–Kier alpha value is -1.43. The minimum Gasteiger partial charge on any atom is -0.473 e. The number of nitrogens with two attached hydrogens (primary N) is 1. The molecule has 17 heavy (non-hydrogen) atoms. The van der Waals surface area contributed by atoms with Gasteiger partial charge in [0.1, 0.15) is 12.3 Å². The van der Waals surface area contributed by atoms with Gasteiger partial charge in [0.15, 0.2) is 0 Å². The van der Waals surface area contributed by atoms with Gasteiger partial charge in [-0.3, -0.25) is 0 Å². The highest BCUT2D eigenvalue weighted by Crippen LogP contribution is 2.15. The molecule has 1 aromatic rings. The highest BCUT2D eigenvalue weighted by atomic mass is 16.5. The minimum absolute atomic E-state index is 0.190. The summed E-state index contributed by atoms with van der Waals surface area (Å²) in [5.41, 5.74) is 6.30. The van der Waals surface area contributed by atoms with Gasteiger partial charge >= 0.3 is 0 Å². The molecule has 0 atom stereocenters. The van der Waals surface area contributed by atoms with Crippen LogP contribution in [-0.2, 0) is 11.2 Å². The third kappa shape index (κ3) is 4.95. The van der Waals surface area contributed by atoms with Crippen LogP contribution in [0.25, 0.3) is 0 Å². The molecular formula is C11H20N4O2. The Balaban J connectivity index is 2.59. The van der Waals surface area contributed by atoms with Crippen LogP contribution in [0.5, 0.6) is 5.88 Å². The van der Waals surface area contributed by atoms with Crippen molar-refractivity contribution >= 4 is 5.95 Å². The van der Waals surface area contributed by atoms with Gasteiger partial charge in [-0.05, 0) is 12.8 Å². The van der Waals surface area contributed by atoms with Gasteiger partial charge in [0, 0.05) is 7.11 Å². The number of hydrogen-bond donors (Lipinski definition) is 1. The van der Waals surface area contributed by atoms with Gasteiger partial charge in [-0.25, -0.2) is 4.98 Å². The molecule has 0 aliphatic rings. The quantitative estimate of drug-likeness (QED) is 0.688. The van der Waals surface area contributed by atoms with E-state index in [1.807, 2.05) is 0 Å². The van der Waals surface area contributed by atoms with Crippen molar-refractivity contribution in [3.05, 3.63) is 5.69 Å². The third-order valence-corrected chi connectivity index (χ3v) is 2.28. The number of hydrogen-bond acceptors (Lipinski definition) is 6. The number of aryl methyl sites for hydroxylation is 1. The molecule has 0 saturated carbocycles. The van der Waals surface area contributed by atoms with Crippen LogP contribution in [0.1, 0.15) is 31.9 Å². The number of unbranched alkanes of at least 4 members (excludes halogenated alkanes) is 2. The van der Waals surface area contributed by atoms with E-state index in [1.54, 1.807) is 7.11 Å². The fourth-order valence-electron chi connectivity index (χ4n) is 1.40. The molecule has 1 heterocycles. The first-order chi connectivity index (χ1) is 8.27. The number of aromatic nitrogens is 3. The molecule has 0 amide bonds. The summed E-state index contributed by atoms with van der Waals surface area (Å²) >= 11 is 0. The van der Waals surface area contributed by atoms with Crippen molar-refractivity contribution in [1.29, 1.82) is 0 Å². The van der Waals surface area contributed by atoms with Crippen LogP contribution in [0.3, 0.4) is 0 Å². The largest absolute Gasteiger partial charge is 0.473 e. The molecule has 1 rings (SSSR count). The lowest BCUT2D eigenvalue weighted by Crippen LogP contribution is -2.11. The van der Waals surface area contributed by atoms with Crippen molar-refractivity contribution in [3.8, 4) is 5.88 Å². The molecule has 0 aromatic carbocycles. The lowest BCUT2D eigenvalue weighted by atomic mass is 10.1. The van der Waals surface area contributed by atoms with E-state index in [4.69, 9.17) is 15.2 Å². The van der Waals surface area contributed by atoms with E-state index < -0.39 is 0 Å². The predicted molar refractivity (Wildman–Crippen MR) is 64.8 cm³/mol. The number of ether oxygens (including phenoxy) is 2. The Labute approximate surface area is 102 Å². The smallest absolute Gasteiger partial charge is 0.255 e. The summed E-state index contributed by atoms with van der Waals surface area (Å²) in [6.45, 7) is 3.11. The highest BCUT2D eigenvalue weighted by molar-refractivity contribution is 5.23. The topological polar surface area (TPSA) is 83.2 Å². The molecule has 0 saturated heterocycles. The zero-order valence-corrected chi connectivity index (χ0v) is 10.5. The molecule has 0 radical (unpaired) electrons. The Kier molecular flexibility index (Phi) is 6.24. The molecule has 0 aliphatic carbocycles. The standard InChI is InChI=1S/C11H20N4O2/c1-3-4-5-6-9-10(17-8-7-16-2)14-15-11(12)13-9/h3-8H2,1-2H3,(H2,12,13,15). The van der Waals surface area contributed by atoms with E-state index in [1.165, 1.54) is 0 Å². The van der Waals surface area contributed by atoms with Crippen LogP contribution < -0.4 is 10.5 Å². The summed E-state index contributed by atoms with van der Waals surface area (Å²) in [5, 5.41) is 7.61. The number of methoxy groups -OCH3 is 1. The molecule has 0 bridgehead atoms. The fraction of sp³-hybridized carbons (Fsp3) is 0.727. The van der Waals surface area contributed by atoms with E-state index in [9.17, 15) is 0 Å². The Morgan fingerprint density at radius 2 is 2.00 bits per heavy atom.